The predicted octanol–water partition coefficient (Wildman–Crippen LogP) is 2.94. The highest BCUT2D eigenvalue weighted by atomic mass is 32.2. The number of rotatable bonds is 3. The van der Waals surface area contributed by atoms with Crippen molar-refractivity contribution in [2.24, 2.45) is 11.7 Å². The molecule has 1 saturated carbocycles. The smallest absolute Gasteiger partial charge is 0.0544 e. The van der Waals surface area contributed by atoms with Gasteiger partial charge in [-0.05, 0) is 42.7 Å². The number of benzene rings is 1. The summed E-state index contributed by atoms with van der Waals surface area (Å²) in [6.07, 6.45) is 7.19. The molecule has 2 aliphatic rings. The first-order valence-corrected chi connectivity index (χ1v) is 8.84. The monoisotopic (exact) mass is 277 g/mol. The Morgan fingerprint density at radius 1 is 1.16 bits per heavy atom. The molecule has 2 nitrogen and oxygen atoms in total. The molecule has 1 aromatic rings. The summed E-state index contributed by atoms with van der Waals surface area (Å²) in [5.41, 5.74) is 8.94. The lowest BCUT2D eigenvalue weighted by Crippen LogP contribution is -2.36. The Hall–Kier alpha value is -0.670. The standard InChI is InChI=1S/C16H23NOS/c17-16-14-8-4-3-7-13(14)9-10-15(16)19(18)11-12-5-1-2-6-12/h3-4,7-8,12,15-16H,1-2,5-6,9-11,17H2. The Labute approximate surface area is 118 Å². The minimum Gasteiger partial charge on any atom is -0.323 e. The summed E-state index contributed by atoms with van der Waals surface area (Å²) in [6, 6.07) is 8.35. The van der Waals surface area contributed by atoms with Gasteiger partial charge in [0.1, 0.15) is 0 Å². The van der Waals surface area contributed by atoms with Crippen LogP contribution in [0.15, 0.2) is 24.3 Å². The molecule has 1 aromatic carbocycles. The average molecular weight is 277 g/mol. The van der Waals surface area contributed by atoms with Crippen molar-refractivity contribution in [1.29, 1.82) is 0 Å². The Kier molecular flexibility index (Phi) is 4.04. The molecule has 3 unspecified atom stereocenters. The molecule has 1 fully saturated rings. The summed E-state index contributed by atoms with van der Waals surface area (Å²) in [4.78, 5) is 0. The van der Waals surface area contributed by atoms with Crippen LogP contribution in [0.1, 0.15) is 49.3 Å². The summed E-state index contributed by atoms with van der Waals surface area (Å²) in [7, 11) is -0.759. The highest BCUT2D eigenvalue weighted by Crippen LogP contribution is 2.33. The second kappa shape index (κ2) is 5.76. The molecule has 2 N–H and O–H groups in total. The molecule has 0 radical (unpaired) electrons. The fourth-order valence-electron chi connectivity index (χ4n) is 3.59. The third kappa shape index (κ3) is 2.77. The van der Waals surface area contributed by atoms with Crippen LogP contribution in [0, 0.1) is 5.92 Å². The molecule has 19 heavy (non-hydrogen) atoms. The predicted molar refractivity (Wildman–Crippen MR) is 80.4 cm³/mol. The van der Waals surface area contributed by atoms with Crippen LogP contribution < -0.4 is 5.73 Å². The van der Waals surface area contributed by atoms with E-state index < -0.39 is 10.8 Å². The van der Waals surface area contributed by atoms with E-state index in [1.165, 1.54) is 36.8 Å². The van der Waals surface area contributed by atoms with Gasteiger partial charge in [0.15, 0.2) is 0 Å². The van der Waals surface area contributed by atoms with Gasteiger partial charge in [0.25, 0.3) is 0 Å². The van der Waals surface area contributed by atoms with E-state index in [2.05, 4.69) is 18.2 Å². The maximum atomic E-state index is 12.6. The second-order valence-corrected chi connectivity index (χ2v) is 7.70. The summed E-state index contributed by atoms with van der Waals surface area (Å²) in [5, 5.41) is 0.162. The van der Waals surface area contributed by atoms with Crippen LogP contribution in [0.25, 0.3) is 0 Å². The van der Waals surface area contributed by atoms with E-state index in [1.807, 2.05) is 6.07 Å². The number of fused-ring (bicyclic) bond motifs is 1. The first-order valence-electron chi connectivity index (χ1n) is 7.46. The fourth-order valence-corrected chi connectivity index (χ4v) is 5.49. The van der Waals surface area contributed by atoms with Crippen LogP contribution in [0.2, 0.25) is 0 Å². The molecule has 0 saturated heterocycles. The highest BCUT2D eigenvalue weighted by Gasteiger charge is 2.32. The average Bonchev–Trinajstić information content (AvgIpc) is 2.92. The van der Waals surface area contributed by atoms with Crippen molar-refractivity contribution in [2.75, 3.05) is 5.75 Å². The molecule has 3 heteroatoms. The zero-order valence-electron chi connectivity index (χ0n) is 11.4. The molecule has 2 aliphatic carbocycles. The SMILES string of the molecule is NC1c2ccccc2CCC1S(=O)CC1CCCC1. The van der Waals surface area contributed by atoms with Crippen molar-refractivity contribution in [2.45, 2.75) is 49.8 Å². The van der Waals surface area contributed by atoms with Gasteiger partial charge in [-0.15, -0.1) is 0 Å². The largest absolute Gasteiger partial charge is 0.323 e. The topological polar surface area (TPSA) is 43.1 Å². The van der Waals surface area contributed by atoms with Gasteiger partial charge < -0.3 is 5.73 Å². The zero-order valence-corrected chi connectivity index (χ0v) is 12.2. The summed E-state index contributed by atoms with van der Waals surface area (Å²) < 4.78 is 12.6. The Balaban J connectivity index is 1.70. The second-order valence-electron chi connectivity index (χ2n) is 6.00. The van der Waals surface area contributed by atoms with Crippen LogP contribution in [0.3, 0.4) is 0 Å². The molecular weight excluding hydrogens is 254 g/mol. The minimum absolute atomic E-state index is 0.0350. The van der Waals surface area contributed by atoms with Crippen LogP contribution in [0.5, 0.6) is 0 Å². The lowest BCUT2D eigenvalue weighted by atomic mass is 9.88. The molecular formula is C16H23NOS. The lowest BCUT2D eigenvalue weighted by Gasteiger charge is -2.31. The van der Waals surface area contributed by atoms with E-state index in [1.54, 1.807) is 0 Å². The van der Waals surface area contributed by atoms with E-state index in [0.717, 1.165) is 18.6 Å². The Morgan fingerprint density at radius 3 is 2.68 bits per heavy atom. The lowest BCUT2D eigenvalue weighted by molar-refractivity contribution is 0.548. The van der Waals surface area contributed by atoms with Crippen LogP contribution in [-0.2, 0) is 17.2 Å². The van der Waals surface area contributed by atoms with E-state index in [9.17, 15) is 4.21 Å². The molecule has 0 amide bonds. The van der Waals surface area contributed by atoms with Gasteiger partial charge in [-0.2, -0.15) is 0 Å². The highest BCUT2D eigenvalue weighted by molar-refractivity contribution is 7.85. The number of hydrogen-bond acceptors (Lipinski definition) is 2. The van der Waals surface area contributed by atoms with Gasteiger partial charge in [0.2, 0.25) is 0 Å². The number of nitrogens with two attached hydrogens (primary N) is 1. The minimum atomic E-state index is -0.759. The van der Waals surface area contributed by atoms with Crippen LogP contribution >= 0.6 is 0 Å². The van der Waals surface area contributed by atoms with E-state index in [4.69, 9.17) is 5.73 Å². The van der Waals surface area contributed by atoms with Crippen molar-refractivity contribution in [1.82, 2.24) is 0 Å². The molecule has 3 rings (SSSR count). The van der Waals surface area contributed by atoms with Gasteiger partial charge in [0.05, 0.1) is 5.25 Å². The first-order chi connectivity index (χ1) is 9.25. The van der Waals surface area contributed by atoms with Crippen molar-refractivity contribution >= 4 is 10.8 Å². The maximum absolute atomic E-state index is 12.6. The number of aryl methyl sites for hydroxylation is 1. The molecule has 0 aliphatic heterocycles. The van der Waals surface area contributed by atoms with Gasteiger partial charge in [-0.25, -0.2) is 0 Å². The van der Waals surface area contributed by atoms with Crippen molar-refractivity contribution < 1.29 is 4.21 Å². The fraction of sp³-hybridized carbons (Fsp3) is 0.625. The number of hydrogen-bond donors (Lipinski definition) is 1. The zero-order chi connectivity index (χ0) is 13.2. The molecule has 0 bridgehead atoms. The van der Waals surface area contributed by atoms with E-state index >= 15 is 0 Å². The quantitative estimate of drug-likeness (QED) is 0.923. The van der Waals surface area contributed by atoms with Gasteiger partial charge >= 0.3 is 0 Å². The normalized spacial score (nSPS) is 29.1. The third-order valence-corrected chi connectivity index (χ3v) is 6.73. The third-order valence-electron chi connectivity index (χ3n) is 4.73. The van der Waals surface area contributed by atoms with Gasteiger partial charge in [0, 0.05) is 22.6 Å². The summed E-state index contributed by atoms with van der Waals surface area (Å²) in [5.74, 6) is 1.56. The Morgan fingerprint density at radius 2 is 1.89 bits per heavy atom. The van der Waals surface area contributed by atoms with Crippen molar-refractivity contribution in [3.8, 4) is 0 Å². The van der Waals surface area contributed by atoms with E-state index in [0.29, 0.717) is 5.92 Å². The van der Waals surface area contributed by atoms with Crippen molar-refractivity contribution in [3.05, 3.63) is 35.4 Å². The van der Waals surface area contributed by atoms with Crippen LogP contribution in [-0.4, -0.2) is 15.2 Å². The molecule has 3 atom stereocenters. The van der Waals surface area contributed by atoms with E-state index in [-0.39, 0.29) is 11.3 Å². The maximum Gasteiger partial charge on any atom is 0.0544 e. The Bertz CT molecular complexity index is 468. The molecule has 0 aromatic heterocycles. The van der Waals surface area contributed by atoms with Gasteiger partial charge in [-0.1, -0.05) is 37.1 Å². The molecule has 0 heterocycles. The first kappa shape index (κ1) is 13.3. The molecule has 104 valence electrons. The summed E-state index contributed by atoms with van der Waals surface area (Å²) in [6.45, 7) is 0. The van der Waals surface area contributed by atoms with Crippen molar-refractivity contribution in [3.63, 3.8) is 0 Å². The molecule has 0 spiro atoms. The van der Waals surface area contributed by atoms with Gasteiger partial charge in [-0.3, -0.25) is 4.21 Å². The van der Waals surface area contributed by atoms with Crippen LogP contribution in [0.4, 0.5) is 0 Å². The summed E-state index contributed by atoms with van der Waals surface area (Å²) >= 11 is 0.